The van der Waals surface area contributed by atoms with Crippen molar-refractivity contribution in [3.63, 3.8) is 0 Å². The van der Waals surface area contributed by atoms with Crippen LogP contribution in [0.2, 0.25) is 0 Å². The summed E-state index contributed by atoms with van der Waals surface area (Å²) < 4.78 is 2.08. The Bertz CT molecular complexity index is 691. The van der Waals surface area contributed by atoms with Crippen molar-refractivity contribution in [3.8, 4) is 0 Å². The summed E-state index contributed by atoms with van der Waals surface area (Å²) in [6, 6.07) is 8.29. The largest absolute Gasteiger partial charge is 0.352 e. The zero-order chi connectivity index (χ0) is 16.9. The van der Waals surface area contributed by atoms with E-state index in [1.807, 2.05) is 30.1 Å². The summed E-state index contributed by atoms with van der Waals surface area (Å²) in [6.45, 7) is 5.95. The molecule has 24 heavy (non-hydrogen) atoms. The van der Waals surface area contributed by atoms with Crippen LogP contribution in [0.15, 0.2) is 35.4 Å². The van der Waals surface area contributed by atoms with Gasteiger partial charge in [-0.3, -0.25) is 9.48 Å². The van der Waals surface area contributed by atoms with Gasteiger partial charge in [-0.15, -0.1) is 11.8 Å². The van der Waals surface area contributed by atoms with Crippen LogP contribution in [0.1, 0.15) is 43.5 Å². The molecule has 1 aromatic carbocycles. The van der Waals surface area contributed by atoms with E-state index in [1.165, 1.54) is 23.4 Å². The van der Waals surface area contributed by atoms with Crippen LogP contribution < -0.4 is 5.32 Å². The summed E-state index contributed by atoms with van der Waals surface area (Å²) in [7, 11) is 0. The summed E-state index contributed by atoms with van der Waals surface area (Å²) in [5, 5.41) is 8.02. The van der Waals surface area contributed by atoms with Crippen LogP contribution in [0.25, 0.3) is 0 Å². The molecule has 0 unspecified atom stereocenters. The fourth-order valence-corrected chi connectivity index (χ4v) is 3.87. The van der Waals surface area contributed by atoms with E-state index in [-0.39, 0.29) is 5.91 Å². The SMILES string of the molecule is CC(C)Sc1ccc(CC(=O)NCc2cnn3c2CCCC3)cc1. The van der Waals surface area contributed by atoms with Crippen LogP contribution in [-0.4, -0.2) is 20.9 Å². The van der Waals surface area contributed by atoms with Crippen molar-refractivity contribution in [3.05, 3.63) is 47.3 Å². The van der Waals surface area contributed by atoms with Gasteiger partial charge in [0.15, 0.2) is 0 Å². The zero-order valence-electron chi connectivity index (χ0n) is 14.4. The zero-order valence-corrected chi connectivity index (χ0v) is 15.2. The molecule has 1 N–H and O–H groups in total. The standard InChI is InChI=1S/C19H25N3OS/c1-14(2)24-17-8-6-15(7-9-17)11-19(23)20-12-16-13-21-22-10-4-3-5-18(16)22/h6-9,13-14H,3-5,10-12H2,1-2H3,(H,20,23). The average Bonchev–Trinajstić information content (AvgIpc) is 2.98. The van der Waals surface area contributed by atoms with Gasteiger partial charge in [-0.25, -0.2) is 0 Å². The van der Waals surface area contributed by atoms with Gasteiger partial charge in [0, 0.05) is 34.5 Å². The van der Waals surface area contributed by atoms with Gasteiger partial charge in [-0.2, -0.15) is 5.10 Å². The summed E-state index contributed by atoms with van der Waals surface area (Å²) >= 11 is 1.84. The molecule has 0 fully saturated rings. The van der Waals surface area contributed by atoms with E-state index in [0.29, 0.717) is 18.2 Å². The summed E-state index contributed by atoms with van der Waals surface area (Å²) in [5.41, 5.74) is 3.50. The molecule has 5 heteroatoms. The van der Waals surface area contributed by atoms with Gasteiger partial charge in [0.1, 0.15) is 0 Å². The minimum Gasteiger partial charge on any atom is -0.352 e. The van der Waals surface area contributed by atoms with Gasteiger partial charge < -0.3 is 5.32 Å². The Morgan fingerprint density at radius 2 is 2.08 bits per heavy atom. The molecule has 0 bridgehead atoms. The lowest BCUT2D eigenvalue weighted by Crippen LogP contribution is -2.25. The number of aromatic nitrogens is 2. The van der Waals surface area contributed by atoms with Crippen molar-refractivity contribution in [2.45, 2.75) is 62.8 Å². The molecule has 0 saturated carbocycles. The quantitative estimate of drug-likeness (QED) is 0.816. The fourth-order valence-electron chi connectivity index (χ4n) is 3.03. The molecule has 3 rings (SSSR count). The Morgan fingerprint density at radius 1 is 1.29 bits per heavy atom. The third-order valence-electron chi connectivity index (χ3n) is 4.20. The van der Waals surface area contributed by atoms with Crippen LogP contribution in [0.5, 0.6) is 0 Å². The van der Waals surface area contributed by atoms with Crippen molar-refractivity contribution < 1.29 is 4.79 Å². The van der Waals surface area contributed by atoms with Crippen molar-refractivity contribution in [2.24, 2.45) is 0 Å². The van der Waals surface area contributed by atoms with Crippen molar-refractivity contribution >= 4 is 17.7 Å². The molecule has 1 aromatic heterocycles. The topological polar surface area (TPSA) is 46.9 Å². The highest BCUT2D eigenvalue weighted by atomic mass is 32.2. The smallest absolute Gasteiger partial charge is 0.224 e. The number of benzene rings is 1. The van der Waals surface area contributed by atoms with Crippen LogP contribution >= 0.6 is 11.8 Å². The second kappa shape index (κ2) is 7.88. The van der Waals surface area contributed by atoms with E-state index in [4.69, 9.17) is 0 Å². The second-order valence-corrected chi connectivity index (χ2v) is 8.21. The number of hydrogen-bond donors (Lipinski definition) is 1. The molecule has 0 radical (unpaired) electrons. The minimum atomic E-state index is 0.0648. The number of nitrogens with zero attached hydrogens (tertiary/aromatic N) is 2. The van der Waals surface area contributed by atoms with Crippen molar-refractivity contribution in [1.29, 1.82) is 0 Å². The first-order chi connectivity index (χ1) is 11.6. The Morgan fingerprint density at radius 3 is 2.83 bits per heavy atom. The Balaban J connectivity index is 1.51. The number of aryl methyl sites for hydroxylation is 1. The molecule has 1 aliphatic rings. The number of rotatable bonds is 6. The molecule has 0 aliphatic carbocycles. The van der Waals surface area contributed by atoms with E-state index < -0.39 is 0 Å². The lowest BCUT2D eigenvalue weighted by Gasteiger charge is -2.15. The van der Waals surface area contributed by atoms with Crippen LogP contribution in [-0.2, 0) is 30.7 Å². The fraction of sp³-hybridized carbons (Fsp3) is 0.474. The molecule has 1 aliphatic heterocycles. The number of carbonyl (C=O) groups excluding carboxylic acids is 1. The van der Waals surface area contributed by atoms with E-state index >= 15 is 0 Å². The highest BCUT2D eigenvalue weighted by Gasteiger charge is 2.15. The summed E-state index contributed by atoms with van der Waals surface area (Å²) in [5.74, 6) is 0.0648. The van der Waals surface area contributed by atoms with Gasteiger partial charge in [0.05, 0.1) is 12.6 Å². The van der Waals surface area contributed by atoms with E-state index in [1.54, 1.807) is 0 Å². The molecule has 128 valence electrons. The molecular weight excluding hydrogens is 318 g/mol. The Kier molecular flexibility index (Phi) is 5.61. The summed E-state index contributed by atoms with van der Waals surface area (Å²) in [4.78, 5) is 13.4. The van der Waals surface area contributed by atoms with Crippen molar-refractivity contribution in [2.75, 3.05) is 0 Å². The molecule has 0 atom stereocenters. The van der Waals surface area contributed by atoms with E-state index in [2.05, 4.69) is 41.1 Å². The number of fused-ring (bicyclic) bond motifs is 1. The molecule has 1 amide bonds. The number of amides is 1. The van der Waals surface area contributed by atoms with Crippen LogP contribution in [0, 0.1) is 0 Å². The van der Waals surface area contributed by atoms with Gasteiger partial charge >= 0.3 is 0 Å². The number of thioether (sulfide) groups is 1. The third kappa shape index (κ3) is 4.41. The van der Waals surface area contributed by atoms with E-state index in [0.717, 1.165) is 24.1 Å². The molecule has 0 spiro atoms. The third-order valence-corrected chi connectivity index (χ3v) is 5.22. The van der Waals surface area contributed by atoms with Crippen LogP contribution in [0.3, 0.4) is 0 Å². The number of hydrogen-bond acceptors (Lipinski definition) is 3. The number of carbonyl (C=O) groups is 1. The maximum atomic E-state index is 12.2. The van der Waals surface area contributed by atoms with Crippen molar-refractivity contribution in [1.82, 2.24) is 15.1 Å². The lowest BCUT2D eigenvalue weighted by molar-refractivity contribution is -0.120. The molecular formula is C19H25N3OS. The molecule has 2 aromatic rings. The first-order valence-electron chi connectivity index (χ1n) is 8.67. The van der Waals surface area contributed by atoms with Gasteiger partial charge in [-0.1, -0.05) is 26.0 Å². The maximum absolute atomic E-state index is 12.2. The highest BCUT2D eigenvalue weighted by Crippen LogP contribution is 2.23. The Hall–Kier alpha value is -1.75. The predicted molar refractivity (Wildman–Crippen MR) is 98.2 cm³/mol. The molecule has 2 heterocycles. The Labute approximate surface area is 148 Å². The average molecular weight is 343 g/mol. The van der Waals surface area contributed by atoms with Crippen LogP contribution in [0.4, 0.5) is 0 Å². The van der Waals surface area contributed by atoms with E-state index in [9.17, 15) is 4.79 Å². The van der Waals surface area contributed by atoms with Gasteiger partial charge in [0.2, 0.25) is 5.91 Å². The molecule has 0 saturated heterocycles. The maximum Gasteiger partial charge on any atom is 0.224 e. The minimum absolute atomic E-state index is 0.0648. The second-order valence-electron chi connectivity index (χ2n) is 6.56. The highest BCUT2D eigenvalue weighted by molar-refractivity contribution is 7.99. The normalized spacial score (nSPS) is 13.8. The van der Waals surface area contributed by atoms with Gasteiger partial charge in [-0.05, 0) is 37.0 Å². The first kappa shape index (κ1) is 17.1. The summed E-state index contributed by atoms with van der Waals surface area (Å²) in [6.07, 6.45) is 5.81. The number of nitrogens with one attached hydrogen (secondary N) is 1. The molecule has 4 nitrogen and oxygen atoms in total. The first-order valence-corrected chi connectivity index (χ1v) is 9.55. The predicted octanol–water partition coefficient (Wildman–Crippen LogP) is 3.58. The lowest BCUT2D eigenvalue weighted by atomic mass is 10.1. The van der Waals surface area contributed by atoms with Gasteiger partial charge in [0.25, 0.3) is 0 Å². The monoisotopic (exact) mass is 343 g/mol.